The van der Waals surface area contributed by atoms with Gasteiger partial charge in [0.25, 0.3) is 7.11 Å². The van der Waals surface area contributed by atoms with Crippen molar-refractivity contribution >= 4 is 29.1 Å². The van der Waals surface area contributed by atoms with Gasteiger partial charge in [0, 0.05) is 11.1 Å². The maximum atomic E-state index is 12.2. The largest absolute Gasteiger partial charge is 0.478 e. The van der Waals surface area contributed by atoms with Gasteiger partial charge in [0.05, 0.1) is 5.56 Å². The van der Waals surface area contributed by atoms with Crippen molar-refractivity contribution in [3.8, 4) is 0 Å². The minimum atomic E-state index is -1.08. The first-order valence-corrected chi connectivity index (χ1v) is 6.22. The van der Waals surface area contributed by atoms with Crippen molar-refractivity contribution in [2.75, 3.05) is 7.11 Å². The molecule has 0 radical (unpaired) electrons. The third-order valence-electron chi connectivity index (χ3n) is 3.00. The zero-order valence-corrected chi connectivity index (χ0v) is 11.7. The molecular weight excluding hydrogens is 280 g/mol. The van der Waals surface area contributed by atoms with Gasteiger partial charge in [-0.05, 0) is 19.1 Å². The fraction of sp³-hybridized carbons (Fsp3) is 0.133. The van der Waals surface area contributed by atoms with Crippen LogP contribution in [0.5, 0.6) is 0 Å². The molecule has 20 heavy (non-hydrogen) atoms. The van der Waals surface area contributed by atoms with Crippen LogP contribution < -0.4 is 0 Å². The molecule has 0 amide bonds. The van der Waals surface area contributed by atoms with Crippen LogP contribution in [0.3, 0.4) is 0 Å². The zero-order valence-electron chi connectivity index (χ0n) is 10.9. The number of fused-ring (bicyclic) bond motifs is 1. The number of carbonyl (C=O) groups is 2. The Kier molecular flexibility index (Phi) is 3.86. The van der Waals surface area contributed by atoms with Crippen LogP contribution in [0, 0.1) is 0 Å². The highest BCUT2D eigenvalue weighted by Gasteiger charge is 2.35. The van der Waals surface area contributed by atoms with E-state index in [4.69, 9.17) is 21.1 Å². The number of carboxylic acids is 1. The summed E-state index contributed by atoms with van der Waals surface area (Å²) >= 11 is 6.07. The van der Waals surface area contributed by atoms with E-state index in [1.54, 1.807) is 24.3 Å². The molecule has 0 spiro atoms. The standard InChI is InChI=1S/C15H11ClO4/c1-8(15(18)19)7-11-12(16)13(17)9-5-3-4-6-10(9)14(11)20-2/h3-7H,1-2H3/p+1/b8-7-. The van der Waals surface area contributed by atoms with Crippen molar-refractivity contribution in [1.29, 1.82) is 0 Å². The summed E-state index contributed by atoms with van der Waals surface area (Å²) in [5.41, 5.74) is 1.41. The fourth-order valence-electron chi connectivity index (χ4n) is 1.99. The summed E-state index contributed by atoms with van der Waals surface area (Å²) in [6, 6.07) is 6.90. The normalized spacial score (nSPS) is 17.4. The van der Waals surface area contributed by atoms with Crippen molar-refractivity contribution in [2.45, 2.75) is 6.92 Å². The Hall–Kier alpha value is -2.20. The summed E-state index contributed by atoms with van der Waals surface area (Å²) in [4.78, 5) is 23.1. The van der Waals surface area contributed by atoms with Gasteiger partial charge in [-0.2, -0.15) is 0 Å². The lowest BCUT2D eigenvalue weighted by Crippen LogP contribution is -2.20. The molecule has 0 unspecified atom stereocenters. The lowest BCUT2D eigenvalue weighted by molar-refractivity contribution is -0.223. The van der Waals surface area contributed by atoms with E-state index in [0.29, 0.717) is 16.9 Å². The maximum absolute atomic E-state index is 12.2. The van der Waals surface area contributed by atoms with Gasteiger partial charge in [0.2, 0.25) is 5.78 Å². The molecule has 2 rings (SSSR count). The first kappa shape index (κ1) is 14.2. The van der Waals surface area contributed by atoms with E-state index >= 15 is 0 Å². The minimum Gasteiger partial charge on any atom is -0.478 e. The van der Waals surface area contributed by atoms with Crippen LogP contribution in [0.4, 0.5) is 0 Å². The van der Waals surface area contributed by atoms with Gasteiger partial charge in [-0.3, -0.25) is 9.22 Å². The van der Waals surface area contributed by atoms with E-state index in [1.807, 2.05) is 0 Å². The van der Waals surface area contributed by atoms with Crippen LogP contribution in [0.15, 0.2) is 46.5 Å². The van der Waals surface area contributed by atoms with E-state index in [0.717, 1.165) is 0 Å². The molecule has 0 aromatic heterocycles. The summed E-state index contributed by atoms with van der Waals surface area (Å²) < 4.78 is 5.31. The number of halogens is 1. The highest BCUT2D eigenvalue weighted by atomic mass is 35.5. The third-order valence-corrected chi connectivity index (χ3v) is 3.37. The second-order valence-corrected chi connectivity index (χ2v) is 4.65. The van der Waals surface area contributed by atoms with Crippen LogP contribution in [0.1, 0.15) is 27.3 Å². The number of hydrogen-bond donors (Lipinski definition) is 1. The van der Waals surface area contributed by atoms with E-state index in [-0.39, 0.29) is 22.0 Å². The molecule has 1 aliphatic carbocycles. The van der Waals surface area contributed by atoms with Gasteiger partial charge in [0.15, 0.2) is 0 Å². The highest BCUT2D eigenvalue weighted by Crippen LogP contribution is 2.30. The average molecular weight is 292 g/mol. The van der Waals surface area contributed by atoms with Crippen molar-refractivity contribution in [2.24, 2.45) is 0 Å². The first-order chi connectivity index (χ1) is 9.47. The monoisotopic (exact) mass is 291 g/mol. The Labute approximate surface area is 120 Å². The van der Waals surface area contributed by atoms with Gasteiger partial charge < -0.3 is 5.11 Å². The lowest BCUT2D eigenvalue weighted by atomic mass is 9.88. The van der Waals surface area contributed by atoms with Crippen molar-refractivity contribution in [1.82, 2.24) is 0 Å². The van der Waals surface area contributed by atoms with Crippen molar-refractivity contribution in [3.05, 3.63) is 57.6 Å². The molecule has 0 bridgehead atoms. The van der Waals surface area contributed by atoms with Gasteiger partial charge in [0.1, 0.15) is 10.6 Å². The Bertz CT molecular complexity index is 696. The summed E-state index contributed by atoms with van der Waals surface area (Å²) in [6.07, 6.45) is 1.34. The molecule has 102 valence electrons. The fourth-order valence-corrected chi connectivity index (χ4v) is 2.23. The average Bonchev–Trinajstić information content (AvgIpc) is 2.44. The van der Waals surface area contributed by atoms with Crippen LogP contribution in [-0.2, 0) is 4.79 Å². The number of carbonyl (C=O) groups excluding carboxylic acids is 2. The predicted molar refractivity (Wildman–Crippen MR) is 75.3 cm³/mol. The Morgan fingerprint density at radius 1 is 1.30 bits per heavy atom. The number of hydrogen-bond acceptors (Lipinski definition) is 2. The summed E-state index contributed by atoms with van der Waals surface area (Å²) in [7, 11) is 1.45. The topological polar surface area (TPSA) is 65.7 Å². The Morgan fingerprint density at radius 3 is 2.45 bits per heavy atom. The maximum Gasteiger partial charge on any atom is 0.359 e. The first-order valence-electron chi connectivity index (χ1n) is 5.84. The minimum absolute atomic E-state index is 0.0406. The summed E-state index contributed by atoms with van der Waals surface area (Å²) in [5, 5.41) is 8.91. The number of allylic oxidation sites excluding steroid dienone is 3. The van der Waals surface area contributed by atoms with E-state index in [9.17, 15) is 9.59 Å². The predicted octanol–water partition coefficient (Wildman–Crippen LogP) is 2.75. The second kappa shape index (κ2) is 5.43. The molecule has 0 heterocycles. The molecule has 1 aromatic carbocycles. The second-order valence-electron chi connectivity index (χ2n) is 4.27. The molecule has 4 nitrogen and oxygen atoms in total. The molecule has 1 N–H and O–H groups in total. The van der Waals surface area contributed by atoms with Crippen LogP contribution in [0.2, 0.25) is 0 Å². The molecule has 1 aliphatic rings. The molecule has 0 saturated heterocycles. The number of carboxylic acid groups (broad SMARTS) is 1. The lowest BCUT2D eigenvalue weighted by Gasteiger charge is -2.12. The van der Waals surface area contributed by atoms with Gasteiger partial charge in [-0.15, -0.1) is 0 Å². The highest BCUT2D eigenvalue weighted by molar-refractivity contribution is 6.50. The number of aliphatic carboxylic acids is 1. The quantitative estimate of drug-likeness (QED) is 0.673. The van der Waals surface area contributed by atoms with E-state index in [1.165, 1.54) is 20.1 Å². The Morgan fingerprint density at radius 2 is 1.90 bits per heavy atom. The SMILES string of the molecule is C[O+]=C1C(/C=C(/C)C(=O)O)=C(Cl)C(=O)c2ccccc21. The number of ketones is 2. The van der Waals surface area contributed by atoms with Crippen LogP contribution >= 0.6 is 11.6 Å². The number of benzene rings is 1. The van der Waals surface area contributed by atoms with E-state index < -0.39 is 5.97 Å². The molecule has 0 atom stereocenters. The molecule has 0 aliphatic heterocycles. The van der Waals surface area contributed by atoms with Gasteiger partial charge >= 0.3 is 11.8 Å². The van der Waals surface area contributed by atoms with Crippen LogP contribution in [0.25, 0.3) is 0 Å². The third kappa shape index (κ3) is 2.30. The summed E-state index contributed by atoms with van der Waals surface area (Å²) in [5.74, 6) is -1.03. The molecule has 1 aromatic rings. The smallest absolute Gasteiger partial charge is 0.359 e. The molecular formula is C15H12ClO4+. The van der Waals surface area contributed by atoms with Gasteiger partial charge in [-0.1, -0.05) is 29.8 Å². The summed E-state index contributed by atoms with van der Waals surface area (Å²) in [6.45, 7) is 1.43. The number of rotatable bonds is 2. The van der Waals surface area contributed by atoms with Gasteiger partial charge in [-0.25, -0.2) is 4.79 Å². The van der Waals surface area contributed by atoms with E-state index in [2.05, 4.69) is 0 Å². The molecule has 0 fully saturated rings. The zero-order chi connectivity index (χ0) is 14.9. The van der Waals surface area contributed by atoms with Crippen molar-refractivity contribution < 1.29 is 19.1 Å². The van der Waals surface area contributed by atoms with Crippen molar-refractivity contribution in [3.63, 3.8) is 0 Å². The van der Waals surface area contributed by atoms with Crippen LogP contribution in [-0.4, -0.2) is 29.8 Å². The molecule has 0 saturated carbocycles. The molecule has 5 heteroatoms. The number of Topliss-reactive ketones (excluding diaryl/α,β-unsaturated/α-hetero) is 1. The Balaban J connectivity index is 2.69.